The number of carbonyl (C=O) groups excluding carboxylic acids is 1. The summed E-state index contributed by atoms with van der Waals surface area (Å²) in [7, 11) is 0. The van der Waals surface area contributed by atoms with Gasteiger partial charge in [0.25, 0.3) is 5.91 Å². The van der Waals surface area contributed by atoms with Crippen LogP contribution in [0.25, 0.3) is 0 Å². The number of hydrogen-bond acceptors (Lipinski definition) is 3. The van der Waals surface area contributed by atoms with Gasteiger partial charge in [-0.1, -0.05) is 0 Å². The summed E-state index contributed by atoms with van der Waals surface area (Å²) in [4.78, 5) is 17.4. The summed E-state index contributed by atoms with van der Waals surface area (Å²) in [6, 6.07) is 3.81. The quantitative estimate of drug-likeness (QED) is 0.782. The second kappa shape index (κ2) is 6.89. The van der Waals surface area contributed by atoms with Crippen molar-refractivity contribution < 1.29 is 4.79 Å². The van der Waals surface area contributed by atoms with Crippen LogP contribution in [0.1, 0.15) is 16.1 Å². The number of halogens is 2. The Balaban J connectivity index is 1.95. The summed E-state index contributed by atoms with van der Waals surface area (Å²) in [5.74, 6) is 0.810. The summed E-state index contributed by atoms with van der Waals surface area (Å²) in [5.41, 5.74) is 0. The second-order valence-corrected chi connectivity index (χ2v) is 7.12. The van der Waals surface area contributed by atoms with Gasteiger partial charge in [0.2, 0.25) is 0 Å². The van der Waals surface area contributed by atoms with Crippen molar-refractivity contribution in [3.63, 3.8) is 0 Å². The number of nitrogens with zero attached hydrogens (tertiary/aromatic N) is 2. The van der Waals surface area contributed by atoms with Gasteiger partial charge in [0.05, 0.1) is 8.66 Å². The second-order valence-electron chi connectivity index (χ2n) is 4.28. The molecule has 0 atom stereocenters. The molecule has 0 unspecified atom stereocenters. The molecule has 0 aliphatic carbocycles. The Morgan fingerprint density at radius 3 is 2.83 bits per heavy atom. The Morgan fingerprint density at radius 2 is 2.17 bits per heavy atom. The Kier molecular flexibility index (Phi) is 5.48. The number of carbonyl (C=O) groups is 1. The summed E-state index contributed by atoms with van der Waals surface area (Å²) in [5, 5.41) is 0. The molecule has 100 valence electrons. The monoisotopic (exact) mass is 350 g/mol. The third kappa shape index (κ3) is 3.70. The fourth-order valence-electron chi connectivity index (χ4n) is 2.10. The van der Waals surface area contributed by atoms with Crippen LogP contribution in [0.15, 0.2) is 15.9 Å². The van der Waals surface area contributed by atoms with E-state index in [1.807, 2.05) is 17.0 Å². The molecule has 1 aliphatic heterocycles. The van der Waals surface area contributed by atoms with Crippen molar-refractivity contribution in [2.45, 2.75) is 6.42 Å². The molecule has 6 heteroatoms. The van der Waals surface area contributed by atoms with E-state index in [1.54, 1.807) is 0 Å². The zero-order valence-electron chi connectivity index (χ0n) is 10.1. The number of alkyl halides is 1. The molecule has 2 heterocycles. The van der Waals surface area contributed by atoms with Crippen LogP contribution < -0.4 is 0 Å². The number of thiophene rings is 1. The van der Waals surface area contributed by atoms with Crippen molar-refractivity contribution >= 4 is 44.8 Å². The van der Waals surface area contributed by atoms with E-state index in [2.05, 4.69) is 20.8 Å². The van der Waals surface area contributed by atoms with Crippen molar-refractivity contribution in [2.75, 3.05) is 38.6 Å². The fourth-order valence-corrected chi connectivity index (χ4v) is 3.70. The molecule has 2 rings (SSSR count). The van der Waals surface area contributed by atoms with Gasteiger partial charge in [-0.05, 0) is 41.0 Å². The number of amides is 1. The normalized spacial score (nSPS) is 17.8. The van der Waals surface area contributed by atoms with Crippen molar-refractivity contribution in [1.82, 2.24) is 9.80 Å². The lowest BCUT2D eigenvalue weighted by molar-refractivity contribution is 0.0766. The molecule has 0 N–H and O–H groups in total. The van der Waals surface area contributed by atoms with Gasteiger partial charge in [0.1, 0.15) is 0 Å². The summed E-state index contributed by atoms with van der Waals surface area (Å²) in [6.45, 7) is 4.50. The molecular formula is C12H16BrClN2OS. The predicted octanol–water partition coefficient (Wildman–Crippen LogP) is 2.90. The highest BCUT2D eigenvalue weighted by Crippen LogP contribution is 2.23. The third-order valence-electron chi connectivity index (χ3n) is 3.06. The molecule has 1 amide bonds. The average molecular weight is 352 g/mol. The molecule has 0 radical (unpaired) electrons. The third-order valence-corrected chi connectivity index (χ3v) is 4.84. The standard InChI is InChI=1S/C12H16BrClN2OS/c13-11-3-2-10(18-11)12(17)16-6-1-5-15(7-4-14)8-9-16/h2-3H,1,4-9H2. The van der Waals surface area contributed by atoms with Gasteiger partial charge in [-0.25, -0.2) is 0 Å². The molecule has 0 saturated carbocycles. The first kappa shape index (κ1) is 14.3. The van der Waals surface area contributed by atoms with Gasteiger partial charge < -0.3 is 9.80 Å². The van der Waals surface area contributed by atoms with Crippen LogP contribution in [0.5, 0.6) is 0 Å². The molecule has 18 heavy (non-hydrogen) atoms. The Morgan fingerprint density at radius 1 is 1.33 bits per heavy atom. The van der Waals surface area contributed by atoms with Crippen LogP contribution in [-0.4, -0.2) is 54.3 Å². The van der Waals surface area contributed by atoms with Crippen molar-refractivity contribution in [3.8, 4) is 0 Å². The van der Waals surface area contributed by atoms with E-state index >= 15 is 0 Å². The highest BCUT2D eigenvalue weighted by molar-refractivity contribution is 9.11. The zero-order valence-corrected chi connectivity index (χ0v) is 13.2. The molecule has 1 aliphatic rings. The van der Waals surface area contributed by atoms with Crippen LogP contribution in [-0.2, 0) is 0 Å². The van der Waals surface area contributed by atoms with E-state index in [0.717, 1.165) is 47.8 Å². The summed E-state index contributed by atoms with van der Waals surface area (Å²) in [6.07, 6.45) is 1.02. The SMILES string of the molecule is O=C(c1ccc(Br)s1)N1CCCN(CCCl)CC1. The van der Waals surface area contributed by atoms with Crippen molar-refractivity contribution in [2.24, 2.45) is 0 Å². The van der Waals surface area contributed by atoms with Gasteiger partial charge in [-0.15, -0.1) is 22.9 Å². The van der Waals surface area contributed by atoms with Crippen LogP contribution in [0.2, 0.25) is 0 Å². The Labute approximate surface area is 125 Å². The minimum atomic E-state index is 0.151. The van der Waals surface area contributed by atoms with E-state index in [9.17, 15) is 4.79 Å². The Bertz CT molecular complexity index is 413. The maximum absolute atomic E-state index is 12.3. The van der Waals surface area contributed by atoms with Crippen molar-refractivity contribution in [1.29, 1.82) is 0 Å². The van der Waals surface area contributed by atoms with E-state index < -0.39 is 0 Å². The smallest absolute Gasteiger partial charge is 0.264 e. The fraction of sp³-hybridized carbons (Fsp3) is 0.583. The van der Waals surface area contributed by atoms with Crippen LogP contribution in [0, 0.1) is 0 Å². The molecule has 0 spiro atoms. The summed E-state index contributed by atoms with van der Waals surface area (Å²) >= 11 is 10.7. The maximum atomic E-state index is 12.3. The molecule has 0 bridgehead atoms. The largest absolute Gasteiger partial charge is 0.337 e. The van der Waals surface area contributed by atoms with Crippen LogP contribution in [0.3, 0.4) is 0 Å². The van der Waals surface area contributed by atoms with Gasteiger partial charge in [-0.2, -0.15) is 0 Å². The zero-order chi connectivity index (χ0) is 13.0. The molecule has 1 fully saturated rings. The van der Waals surface area contributed by atoms with Gasteiger partial charge >= 0.3 is 0 Å². The first-order valence-corrected chi connectivity index (χ1v) is 8.18. The van der Waals surface area contributed by atoms with Gasteiger partial charge in [0, 0.05) is 32.1 Å². The molecule has 3 nitrogen and oxygen atoms in total. The van der Waals surface area contributed by atoms with Gasteiger partial charge in [0.15, 0.2) is 0 Å². The summed E-state index contributed by atoms with van der Waals surface area (Å²) < 4.78 is 1.00. The molecule has 0 aromatic carbocycles. The molecule has 1 aromatic rings. The van der Waals surface area contributed by atoms with E-state index in [4.69, 9.17) is 11.6 Å². The van der Waals surface area contributed by atoms with E-state index in [1.165, 1.54) is 11.3 Å². The highest BCUT2D eigenvalue weighted by Gasteiger charge is 2.20. The van der Waals surface area contributed by atoms with Gasteiger partial charge in [-0.3, -0.25) is 4.79 Å². The van der Waals surface area contributed by atoms with Crippen LogP contribution >= 0.6 is 38.9 Å². The number of rotatable bonds is 3. The van der Waals surface area contributed by atoms with E-state index in [0.29, 0.717) is 5.88 Å². The Hall–Kier alpha value is -0.100. The molecule has 1 saturated heterocycles. The predicted molar refractivity (Wildman–Crippen MR) is 79.7 cm³/mol. The molecule has 1 aromatic heterocycles. The highest BCUT2D eigenvalue weighted by atomic mass is 79.9. The minimum absolute atomic E-state index is 0.151. The van der Waals surface area contributed by atoms with Crippen LogP contribution in [0.4, 0.5) is 0 Å². The number of hydrogen-bond donors (Lipinski definition) is 0. The molecular weight excluding hydrogens is 336 g/mol. The first-order valence-electron chi connectivity index (χ1n) is 6.03. The van der Waals surface area contributed by atoms with Crippen molar-refractivity contribution in [3.05, 3.63) is 20.8 Å². The minimum Gasteiger partial charge on any atom is -0.337 e. The maximum Gasteiger partial charge on any atom is 0.264 e. The lowest BCUT2D eigenvalue weighted by Gasteiger charge is -2.20. The lowest BCUT2D eigenvalue weighted by Crippen LogP contribution is -2.35. The topological polar surface area (TPSA) is 23.6 Å². The lowest BCUT2D eigenvalue weighted by atomic mass is 10.3. The first-order chi connectivity index (χ1) is 8.70. The van der Waals surface area contributed by atoms with E-state index in [-0.39, 0.29) is 5.91 Å². The average Bonchev–Trinajstić information content (AvgIpc) is 2.65.